The number of aliphatic hydroxyl groups is 3. The fraction of sp³-hybridized carbons (Fsp3) is 1.00. The molecule has 0 radical (unpaired) electrons. The van der Waals surface area contributed by atoms with Gasteiger partial charge >= 0.3 is 0 Å². The quantitative estimate of drug-likeness (QED) is 0.477. The lowest BCUT2D eigenvalue weighted by atomic mass is 10.2. The van der Waals surface area contributed by atoms with Crippen molar-refractivity contribution in [3.8, 4) is 0 Å². The van der Waals surface area contributed by atoms with Crippen LogP contribution in [0.1, 0.15) is 13.3 Å². The summed E-state index contributed by atoms with van der Waals surface area (Å²) in [4.78, 5) is 0. The van der Waals surface area contributed by atoms with Crippen LogP contribution in [0.15, 0.2) is 0 Å². The van der Waals surface area contributed by atoms with Crippen LogP contribution in [0.3, 0.4) is 0 Å². The fourth-order valence-electron chi connectivity index (χ4n) is 0.795. The number of aliphatic hydroxyl groups excluding tert-OH is 3. The SMILES string of the molecule is CC(O)C(CCO)OCCO. The Morgan fingerprint density at radius 1 is 1.27 bits per heavy atom. The molecular formula is C7H16O4. The van der Waals surface area contributed by atoms with Gasteiger partial charge in [0.2, 0.25) is 0 Å². The molecule has 0 aliphatic heterocycles. The molecule has 0 aromatic carbocycles. The third kappa shape index (κ3) is 5.15. The van der Waals surface area contributed by atoms with Crippen molar-refractivity contribution in [1.29, 1.82) is 0 Å². The predicted molar refractivity (Wildman–Crippen MR) is 40.2 cm³/mol. The lowest BCUT2D eigenvalue weighted by Gasteiger charge is -2.18. The molecule has 0 rings (SSSR count). The van der Waals surface area contributed by atoms with Crippen LogP contribution >= 0.6 is 0 Å². The molecule has 4 heteroatoms. The van der Waals surface area contributed by atoms with Crippen LogP contribution in [0.4, 0.5) is 0 Å². The van der Waals surface area contributed by atoms with Crippen molar-refractivity contribution in [1.82, 2.24) is 0 Å². The van der Waals surface area contributed by atoms with Gasteiger partial charge in [0.05, 0.1) is 25.4 Å². The van der Waals surface area contributed by atoms with Gasteiger partial charge in [-0.25, -0.2) is 0 Å². The summed E-state index contributed by atoms with van der Waals surface area (Å²) >= 11 is 0. The van der Waals surface area contributed by atoms with Crippen molar-refractivity contribution in [2.45, 2.75) is 25.6 Å². The summed E-state index contributed by atoms with van der Waals surface area (Å²) in [5.41, 5.74) is 0. The predicted octanol–water partition coefficient (Wildman–Crippen LogP) is -0.873. The van der Waals surface area contributed by atoms with Crippen LogP contribution < -0.4 is 0 Å². The Labute approximate surface area is 66.4 Å². The van der Waals surface area contributed by atoms with E-state index in [2.05, 4.69) is 0 Å². The summed E-state index contributed by atoms with van der Waals surface area (Å²) < 4.78 is 5.03. The zero-order valence-electron chi connectivity index (χ0n) is 6.73. The minimum Gasteiger partial charge on any atom is -0.396 e. The maximum Gasteiger partial charge on any atom is 0.0854 e. The first-order chi connectivity index (χ1) is 5.22. The van der Waals surface area contributed by atoms with E-state index in [-0.39, 0.29) is 25.9 Å². The maximum absolute atomic E-state index is 9.05. The second-order valence-corrected chi connectivity index (χ2v) is 2.39. The second-order valence-electron chi connectivity index (χ2n) is 2.39. The molecule has 0 spiro atoms. The molecule has 11 heavy (non-hydrogen) atoms. The number of rotatable bonds is 6. The Morgan fingerprint density at radius 2 is 1.91 bits per heavy atom. The van der Waals surface area contributed by atoms with Gasteiger partial charge in [-0.1, -0.05) is 0 Å². The molecule has 0 aromatic rings. The molecular weight excluding hydrogens is 148 g/mol. The molecule has 2 unspecified atom stereocenters. The van der Waals surface area contributed by atoms with Crippen molar-refractivity contribution in [3.63, 3.8) is 0 Å². The summed E-state index contributed by atoms with van der Waals surface area (Å²) in [6, 6.07) is 0. The molecule has 0 saturated heterocycles. The van der Waals surface area contributed by atoms with Crippen molar-refractivity contribution in [2.75, 3.05) is 19.8 Å². The highest BCUT2D eigenvalue weighted by atomic mass is 16.5. The van der Waals surface area contributed by atoms with Crippen molar-refractivity contribution >= 4 is 0 Å². The molecule has 68 valence electrons. The number of hydrogen-bond donors (Lipinski definition) is 3. The van der Waals surface area contributed by atoms with Crippen molar-refractivity contribution in [2.24, 2.45) is 0 Å². The lowest BCUT2D eigenvalue weighted by Crippen LogP contribution is -2.28. The van der Waals surface area contributed by atoms with Crippen LogP contribution in [0.25, 0.3) is 0 Å². The normalized spacial score (nSPS) is 16.4. The van der Waals surface area contributed by atoms with E-state index in [0.717, 1.165) is 0 Å². The van der Waals surface area contributed by atoms with Gasteiger partial charge in [-0.3, -0.25) is 0 Å². The minimum absolute atomic E-state index is 0.0129. The largest absolute Gasteiger partial charge is 0.396 e. The monoisotopic (exact) mass is 164 g/mol. The standard InChI is InChI=1S/C7H16O4/c1-6(10)7(2-3-8)11-5-4-9/h6-10H,2-5H2,1H3. The Balaban J connectivity index is 3.51. The second kappa shape index (κ2) is 6.54. The molecule has 2 atom stereocenters. The summed E-state index contributed by atoms with van der Waals surface area (Å²) in [5, 5.41) is 26.0. The molecule has 0 amide bonds. The smallest absolute Gasteiger partial charge is 0.0854 e. The highest BCUT2D eigenvalue weighted by Crippen LogP contribution is 2.03. The lowest BCUT2D eigenvalue weighted by molar-refractivity contribution is -0.0500. The van der Waals surface area contributed by atoms with Crippen LogP contribution in [-0.4, -0.2) is 47.3 Å². The summed E-state index contributed by atoms with van der Waals surface area (Å²) in [6.45, 7) is 1.73. The molecule has 0 aromatic heterocycles. The Kier molecular flexibility index (Phi) is 6.45. The van der Waals surface area contributed by atoms with E-state index in [0.29, 0.717) is 6.42 Å². The van der Waals surface area contributed by atoms with E-state index in [1.807, 2.05) is 0 Å². The number of ether oxygens (including phenoxy) is 1. The summed E-state index contributed by atoms with van der Waals surface area (Å²) in [5.74, 6) is 0. The Morgan fingerprint density at radius 3 is 2.27 bits per heavy atom. The van der Waals surface area contributed by atoms with E-state index in [1.165, 1.54) is 0 Å². The highest BCUT2D eigenvalue weighted by Gasteiger charge is 2.13. The van der Waals surface area contributed by atoms with Gasteiger partial charge in [0.15, 0.2) is 0 Å². The molecule has 0 aliphatic carbocycles. The molecule has 3 N–H and O–H groups in total. The molecule has 0 heterocycles. The molecule has 0 saturated carbocycles. The van der Waals surface area contributed by atoms with E-state index in [4.69, 9.17) is 20.1 Å². The first-order valence-corrected chi connectivity index (χ1v) is 3.73. The molecule has 4 nitrogen and oxygen atoms in total. The Hall–Kier alpha value is -0.160. The van der Waals surface area contributed by atoms with Crippen LogP contribution in [-0.2, 0) is 4.74 Å². The third-order valence-electron chi connectivity index (χ3n) is 1.37. The zero-order valence-corrected chi connectivity index (χ0v) is 6.73. The molecule has 0 bridgehead atoms. The minimum atomic E-state index is -0.603. The van der Waals surface area contributed by atoms with E-state index >= 15 is 0 Å². The van der Waals surface area contributed by atoms with Crippen molar-refractivity contribution < 1.29 is 20.1 Å². The fourth-order valence-corrected chi connectivity index (χ4v) is 0.795. The van der Waals surface area contributed by atoms with Gasteiger partial charge in [0.25, 0.3) is 0 Å². The van der Waals surface area contributed by atoms with E-state index in [1.54, 1.807) is 6.92 Å². The van der Waals surface area contributed by atoms with Crippen LogP contribution in [0, 0.1) is 0 Å². The average molecular weight is 164 g/mol. The van der Waals surface area contributed by atoms with Crippen LogP contribution in [0.2, 0.25) is 0 Å². The van der Waals surface area contributed by atoms with Gasteiger partial charge in [-0.15, -0.1) is 0 Å². The third-order valence-corrected chi connectivity index (χ3v) is 1.37. The van der Waals surface area contributed by atoms with Gasteiger partial charge in [-0.2, -0.15) is 0 Å². The Bertz CT molecular complexity index is 84.5. The van der Waals surface area contributed by atoms with Crippen LogP contribution in [0.5, 0.6) is 0 Å². The van der Waals surface area contributed by atoms with Crippen molar-refractivity contribution in [3.05, 3.63) is 0 Å². The first-order valence-electron chi connectivity index (χ1n) is 3.73. The average Bonchev–Trinajstić information content (AvgIpc) is 1.97. The van der Waals surface area contributed by atoms with Gasteiger partial charge in [0, 0.05) is 6.61 Å². The van der Waals surface area contributed by atoms with E-state index < -0.39 is 6.10 Å². The summed E-state index contributed by atoms with van der Waals surface area (Å²) in [7, 11) is 0. The molecule has 0 fully saturated rings. The van der Waals surface area contributed by atoms with Gasteiger partial charge < -0.3 is 20.1 Å². The first kappa shape index (κ1) is 10.8. The highest BCUT2D eigenvalue weighted by molar-refractivity contribution is 4.63. The summed E-state index contributed by atoms with van der Waals surface area (Å²) in [6.07, 6.45) is -0.571. The zero-order chi connectivity index (χ0) is 8.69. The van der Waals surface area contributed by atoms with Gasteiger partial charge in [0.1, 0.15) is 0 Å². The number of hydrogen-bond acceptors (Lipinski definition) is 4. The topological polar surface area (TPSA) is 69.9 Å². The molecule has 0 aliphatic rings. The van der Waals surface area contributed by atoms with Gasteiger partial charge in [-0.05, 0) is 13.3 Å². The van der Waals surface area contributed by atoms with E-state index in [9.17, 15) is 0 Å². The maximum atomic E-state index is 9.05.